The number of aliphatic carboxylic acids is 2. The highest BCUT2D eigenvalue weighted by molar-refractivity contribution is 6.33. The number of carbonyl (C=O) groups is 3. The number of methoxy groups -OCH3 is 2. The molecule has 1 aliphatic heterocycles. The predicted molar refractivity (Wildman–Crippen MR) is 146 cm³/mol. The summed E-state index contributed by atoms with van der Waals surface area (Å²) in [7, 11) is 3.13. The maximum atomic E-state index is 12.9. The van der Waals surface area contributed by atoms with Crippen LogP contribution in [-0.2, 0) is 14.3 Å². The molecule has 11 nitrogen and oxygen atoms in total. The molecule has 3 rings (SSSR count). The van der Waals surface area contributed by atoms with Crippen molar-refractivity contribution >= 4 is 35.1 Å². The van der Waals surface area contributed by atoms with Crippen molar-refractivity contribution < 1.29 is 43.2 Å². The third kappa shape index (κ3) is 10.7. The number of rotatable bonds is 11. The third-order valence-corrected chi connectivity index (χ3v) is 6.22. The summed E-state index contributed by atoms with van der Waals surface area (Å²) in [6.07, 6.45) is 2.53. The van der Waals surface area contributed by atoms with Crippen LogP contribution >= 0.6 is 11.6 Å². The number of nitrogen functional groups attached to an aromatic ring is 1. The van der Waals surface area contributed by atoms with Crippen molar-refractivity contribution in [1.29, 1.82) is 0 Å². The molecule has 0 radical (unpaired) electrons. The van der Waals surface area contributed by atoms with Crippen molar-refractivity contribution in [3.63, 3.8) is 0 Å². The lowest BCUT2D eigenvalue weighted by Gasteiger charge is -2.38. The van der Waals surface area contributed by atoms with Gasteiger partial charge in [0.15, 0.2) is 0 Å². The first-order valence-corrected chi connectivity index (χ1v) is 12.6. The highest BCUT2D eigenvalue weighted by Crippen LogP contribution is 2.29. The molecule has 1 heterocycles. The Morgan fingerprint density at radius 3 is 2.38 bits per heavy atom. The molecule has 1 saturated heterocycles. The standard InChI is InChI=1S/C23H29ClFN3O4.C4H4O4/c1-30-21-13-19(26)18(24)12-17(21)23(29)27-20-8-10-28(14-22(20)31-2)9-3-11-32-16-6-4-15(25)5-7-16;5-3(6)1-2-4(7)8/h4-7,12-13,20,22H,3,8-11,14,26H2,1-2H3,(H,27,29);1-2H,(H,5,6)(H,7,8)/b;2-1-/t20-,22+;/m1./s1. The molecule has 1 fully saturated rings. The van der Waals surface area contributed by atoms with E-state index in [1.165, 1.54) is 25.3 Å². The molecule has 5 N–H and O–H groups in total. The van der Waals surface area contributed by atoms with Gasteiger partial charge in [0.1, 0.15) is 17.3 Å². The van der Waals surface area contributed by atoms with Gasteiger partial charge in [0.05, 0.1) is 42.1 Å². The number of hydrogen-bond donors (Lipinski definition) is 4. The summed E-state index contributed by atoms with van der Waals surface area (Å²) in [5.41, 5.74) is 6.49. The minimum Gasteiger partial charge on any atom is -0.496 e. The van der Waals surface area contributed by atoms with E-state index in [9.17, 15) is 18.8 Å². The van der Waals surface area contributed by atoms with Gasteiger partial charge >= 0.3 is 11.9 Å². The minimum absolute atomic E-state index is 0.139. The van der Waals surface area contributed by atoms with Crippen LogP contribution in [0.25, 0.3) is 0 Å². The quantitative estimate of drug-likeness (QED) is 0.176. The van der Waals surface area contributed by atoms with E-state index in [0.717, 1.165) is 25.9 Å². The first-order valence-electron chi connectivity index (χ1n) is 12.2. The van der Waals surface area contributed by atoms with Crippen molar-refractivity contribution in [2.75, 3.05) is 46.2 Å². The minimum atomic E-state index is -1.26. The van der Waals surface area contributed by atoms with Gasteiger partial charge in [-0.05, 0) is 43.2 Å². The number of nitrogens with one attached hydrogen (secondary N) is 1. The van der Waals surface area contributed by atoms with Gasteiger partial charge in [-0.1, -0.05) is 11.6 Å². The zero-order valence-corrected chi connectivity index (χ0v) is 22.9. The molecule has 2 atom stereocenters. The predicted octanol–water partition coefficient (Wildman–Crippen LogP) is 3.07. The smallest absolute Gasteiger partial charge is 0.328 e. The van der Waals surface area contributed by atoms with Crippen LogP contribution in [0, 0.1) is 5.82 Å². The van der Waals surface area contributed by atoms with Gasteiger partial charge in [-0.25, -0.2) is 14.0 Å². The topological polar surface area (TPSA) is 161 Å². The number of likely N-dealkylation sites (tertiary alicyclic amines) is 1. The number of anilines is 1. The molecule has 1 aliphatic rings. The second-order valence-electron chi connectivity index (χ2n) is 8.68. The van der Waals surface area contributed by atoms with Gasteiger partial charge in [0.2, 0.25) is 0 Å². The summed E-state index contributed by atoms with van der Waals surface area (Å²) in [5.74, 6) is -2.05. The lowest BCUT2D eigenvalue weighted by atomic mass is 10.0. The van der Waals surface area contributed by atoms with E-state index in [2.05, 4.69) is 10.2 Å². The molecular weight excluding hydrogens is 549 g/mol. The molecule has 0 aromatic heterocycles. The third-order valence-electron chi connectivity index (χ3n) is 5.90. The molecule has 1 amide bonds. The Kier molecular flexibility index (Phi) is 13.2. The number of hydrogen-bond acceptors (Lipinski definition) is 8. The number of nitrogens with zero attached hydrogens (tertiary/aromatic N) is 1. The summed E-state index contributed by atoms with van der Waals surface area (Å²) >= 11 is 6.09. The molecule has 0 bridgehead atoms. The Bertz CT molecular complexity index is 1160. The van der Waals surface area contributed by atoms with Crippen LogP contribution < -0.4 is 20.5 Å². The molecule has 0 unspecified atom stereocenters. The van der Waals surface area contributed by atoms with Gasteiger partial charge < -0.3 is 40.4 Å². The SMILES string of the molecule is COc1cc(N)c(Cl)cc1C(=O)N[C@@H]1CCN(CCCOc2ccc(F)cc2)C[C@@H]1OC.O=C(O)/C=C\C(=O)O. The fourth-order valence-electron chi connectivity index (χ4n) is 3.90. The van der Waals surface area contributed by atoms with E-state index in [-0.39, 0.29) is 23.9 Å². The number of piperidine rings is 1. The zero-order valence-electron chi connectivity index (χ0n) is 22.1. The zero-order chi connectivity index (χ0) is 29.7. The van der Waals surface area contributed by atoms with Gasteiger partial charge in [0, 0.05) is 45.0 Å². The summed E-state index contributed by atoms with van der Waals surface area (Å²) < 4.78 is 29.5. The van der Waals surface area contributed by atoms with E-state index in [1.54, 1.807) is 25.3 Å². The van der Waals surface area contributed by atoms with E-state index >= 15 is 0 Å². The first kappa shape index (κ1) is 32.3. The maximum absolute atomic E-state index is 12.9. The average Bonchev–Trinajstić information content (AvgIpc) is 2.93. The molecule has 0 saturated carbocycles. The molecule has 218 valence electrons. The van der Waals surface area contributed by atoms with Crippen LogP contribution in [0.5, 0.6) is 11.5 Å². The molecule has 40 heavy (non-hydrogen) atoms. The number of carboxylic acids is 2. The largest absolute Gasteiger partial charge is 0.496 e. The highest BCUT2D eigenvalue weighted by Gasteiger charge is 2.31. The maximum Gasteiger partial charge on any atom is 0.328 e. The van der Waals surface area contributed by atoms with Crippen LogP contribution in [-0.4, -0.2) is 85.6 Å². The van der Waals surface area contributed by atoms with Crippen molar-refractivity contribution in [2.45, 2.75) is 25.0 Å². The summed E-state index contributed by atoms with van der Waals surface area (Å²) in [4.78, 5) is 34.3. The van der Waals surface area contributed by atoms with Crippen molar-refractivity contribution in [2.24, 2.45) is 0 Å². The van der Waals surface area contributed by atoms with Gasteiger partial charge in [0.25, 0.3) is 5.91 Å². The van der Waals surface area contributed by atoms with E-state index < -0.39 is 11.9 Å². The lowest BCUT2D eigenvalue weighted by Crippen LogP contribution is -2.55. The molecule has 13 heteroatoms. The monoisotopic (exact) mass is 581 g/mol. The average molecular weight is 582 g/mol. The Hall–Kier alpha value is -3.87. The van der Waals surface area contributed by atoms with Crippen molar-refractivity contribution in [1.82, 2.24) is 10.2 Å². The van der Waals surface area contributed by atoms with Crippen molar-refractivity contribution in [3.8, 4) is 11.5 Å². The van der Waals surface area contributed by atoms with E-state index in [1.807, 2.05) is 0 Å². The molecule has 2 aromatic rings. The van der Waals surface area contributed by atoms with Gasteiger partial charge in [-0.3, -0.25) is 4.79 Å². The molecular formula is C27H33ClFN3O8. The Morgan fingerprint density at radius 2 is 1.80 bits per heavy atom. The second-order valence-corrected chi connectivity index (χ2v) is 9.09. The van der Waals surface area contributed by atoms with Gasteiger partial charge in [-0.15, -0.1) is 0 Å². The lowest BCUT2D eigenvalue weighted by molar-refractivity contribution is -0.134. The number of amides is 1. The summed E-state index contributed by atoms with van der Waals surface area (Å²) in [6, 6.07) is 8.92. The fraction of sp³-hybridized carbons (Fsp3) is 0.370. The number of nitrogens with two attached hydrogens (primary N) is 1. The number of carboxylic acid groups (broad SMARTS) is 2. The summed E-state index contributed by atoms with van der Waals surface area (Å²) in [5, 5.41) is 19.0. The number of benzene rings is 2. The van der Waals surface area contributed by atoms with Crippen molar-refractivity contribution in [3.05, 3.63) is 65.0 Å². The highest BCUT2D eigenvalue weighted by atomic mass is 35.5. The number of halogens is 2. The molecule has 0 aliphatic carbocycles. The van der Waals surface area contributed by atoms with E-state index in [0.29, 0.717) is 53.1 Å². The first-order chi connectivity index (χ1) is 19.0. The Morgan fingerprint density at radius 1 is 1.15 bits per heavy atom. The normalized spacial score (nSPS) is 17.0. The van der Waals surface area contributed by atoms with E-state index in [4.69, 9.17) is 41.8 Å². The number of ether oxygens (including phenoxy) is 3. The van der Waals surface area contributed by atoms with Crippen LogP contribution in [0.15, 0.2) is 48.6 Å². The summed E-state index contributed by atoms with van der Waals surface area (Å²) in [6.45, 7) is 2.89. The van der Waals surface area contributed by atoms with Crippen LogP contribution in [0.1, 0.15) is 23.2 Å². The van der Waals surface area contributed by atoms with Crippen LogP contribution in [0.4, 0.5) is 10.1 Å². The molecule has 2 aromatic carbocycles. The van der Waals surface area contributed by atoms with Crippen LogP contribution in [0.3, 0.4) is 0 Å². The Balaban J connectivity index is 0.000000611. The fourth-order valence-corrected chi connectivity index (χ4v) is 4.06. The van der Waals surface area contributed by atoms with Gasteiger partial charge in [-0.2, -0.15) is 0 Å². The van der Waals surface area contributed by atoms with Crippen LogP contribution in [0.2, 0.25) is 5.02 Å². The molecule has 0 spiro atoms. The number of carbonyl (C=O) groups excluding carboxylic acids is 1. The Labute approximate surface area is 236 Å². The second kappa shape index (κ2) is 16.3.